The van der Waals surface area contributed by atoms with Crippen LogP contribution in [0.15, 0.2) is 12.1 Å². The molecule has 2 amide bonds. The third-order valence-electron chi connectivity index (χ3n) is 6.85. The van der Waals surface area contributed by atoms with E-state index in [1.807, 2.05) is 20.8 Å². The summed E-state index contributed by atoms with van der Waals surface area (Å²) in [5.41, 5.74) is -0.605. The Morgan fingerprint density at radius 3 is 2.31 bits per heavy atom. The van der Waals surface area contributed by atoms with Crippen molar-refractivity contribution in [2.75, 3.05) is 45.2 Å². The van der Waals surface area contributed by atoms with E-state index in [4.69, 9.17) is 9.47 Å². The minimum atomic E-state index is -0.973. The van der Waals surface area contributed by atoms with Gasteiger partial charge in [0, 0.05) is 38.8 Å². The molecule has 3 aliphatic heterocycles. The van der Waals surface area contributed by atoms with Gasteiger partial charge >= 0.3 is 6.09 Å². The number of carbonyl (C=O) groups is 2. The van der Waals surface area contributed by atoms with Crippen molar-refractivity contribution >= 4 is 17.7 Å². The van der Waals surface area contributed by atoms with Crippen molar-refractivity contribution in [1.29, 1.82) is 0 Å². The molecule has 0 radical (unpaired) electrons. The summed E-state index contributed by atoms with van der Waals surface area (Å²) in [5.74, 6) is 0.0482. The van der Waals surface area contributed by atoms with Crippen LogP contribution in [0.4, 0.5) is 14.9 Å². The van der Waals surface area contributed by atoms with Crippen LogP contribution in [0.1, 0.15) is 52.0 Å². The number of hydrogen-bond acceptors (Lipinski definition) is 5. The second-order valence-corrected chi connectivity index (χ2v) is 10.3. The second kappa shape index (κ2) is 8.21. The van der Waals surface area contributed by atoms with E-state index in [2.05, 4.69) is 11.9 Å². The van der Waals surface area contributed by atoms with Gasteiger partial charge in [-0.15, -0.1) is 0 Å². The first-order valence-electron chi connectivity index (χ1n) is 11.5. The van der Waals surface area contributed by atoms with Crippen LogP contribution >= 0.6 is 0 Å². The lowest BCUT2D eigenvalue weighted by Gasteiger charge is -2.38. The molecule has 0 bridgehead atoms. The molecule has 0 saturated carbocycles. The van der Waals surface area contributed by atoms with Crippen molar-refractivity contribution < 1.29 is 23.5 Å². The van der Waals surface area contributed by atoms with Crippen LogP contribution in [0.3, 0.4) is 0 Å². The monoisotopic (exact) mass is 447 g/mol. The smallest absolute Gasteiger partial charge is 0.410 e. The van der Waals surface area contributed by atoms with E-state index in [0.717, 1.165) is 25.9 Å². The molecule has 1 aromatic carbocycles. The van der Waals surface area contributed by atoms with Crippen LogP contribution in [0, 0.1) is 5.82 Å². The molecule has 0 aliphatic carbocycles. The third kappa shape index (κ3) is 4.05. The summed E-state index contributed by atoms with van der Waals surface area (Å²) in [7, 11) is 3.78. The van der Waals surface area contributed by atoms with Crippen molar-refractivity contribution in [3.63, 3.8) is 0 Å². The van der Waals surface area contributed by atoms with E-state index in [1.165, 1.54) is 6.07 Å². The summed E-state index contributed by atoms with van der Waals surface area (Å²) >= 11 is 0. The Balaban J connectivity index is 1.58. The number of likely N-dealkylation sites (tertiary alicyclic amines) is 2. The van der Waals surface area contributed by atoms with Gasteiger partial charge in [-0.2, -0.15) is 0 Å². The van der Waals surface area contributed by atoms with E-state index in [9.17, 15) is 9.59 Å². The van der Waals surface area contributed by atoms with Gasteiger partial charge in [-0.05, 0) is 65.6 Å². The number of fused-ring (bicyclic) bond motifs is 2. The van der Waals surface area contributed by atoms with E-state index in [1.54, 1.807) is 22.9 Å². The Labute approximate surface area is 189 Å². The highest BCUT2D eigenvalue weighted by Crippen LogP contribution is 2.52. The lowest BCUT2D eigenvalue weighted by atomic mass is 9.73. The first-order valence-corrected chi connectivity index (χ1v) is 11.5. The molecular formula is C24H34FN3O4. The van der Waals surface area contributed by atoms with Gasteiger partial charge in [0.15, 0.2) is 0 Å². The van der Waals surface area contributed by atoms with E-state index in [-0.39, 0.29) is 17.8 Å². The van der Waals surface area contributed by atoms with Gasteiger partial charge in [-0.1, -0.05) is 0 Å². The van der Waals surface area contributed by atoms with Crippen LogP contribution in [0.2, 0.25) is 0 Å². The average Bonchev–Trinajstić information content (AvgIpc) is 2.94. The van der Waals surface area contributed by atoms with E-state index >= 15 is 4.39 Å². The summed E-state index contributed by atoms with van der Waals surface area (Å²) in [4.78, 5) is 31.4. The Kier molecular flexibility index (Phi) is 5.86. The fourth-order valence-corrected chi connectivity index (χ4v) is 5.10. The highest BCUT2D eigenvalue weighted by molar-refractivity contribution is 6.09. The lowest BCUT2D eigenvalue weighted by molar-refractivity contribution is -0.124. The largest absolute Gasteiger partial charge is 0.488 e. The fraction of sp³-hybridized carbons (Fsp3) is 0.667. The van der Waals surface area contributed by atoms with Crippen molar-refractivity contribution in [2.45, 2.75) is 63.6 Å². The molecule has 1 aromatic rings. The molecule has 2 fully saturated rings. The number of carbonyl (C=O) groups excluding carboxylic acids is 2. The quantitative estimate of drug-likeness (QED) is 0.694. The Morgan fingerprint density at radius 2 is 1.72 bits per heavy atom. The minimum Gasteiger partial charge on any atom is -0.488 e. The minimum absolute atomic E-state index is 0.0508. The second-order valence-electron chi connectivity index (χ2n) is 10.3. The van der Waals surface area contributed by atoms with Crippen molar-refractivity contribution in [1.82, 2.24) is 9.80 Å². The topological polar surface area (TPSA) is 62.3 Å². The number of amides is 2. The maximum Gasteiger partial charge on any atom is 0.410 e. The number of benzene rings is 1. The number of hydrogen-bond donors (Lipinski definition) is 0. The zero-order valence-electron chi connectivity index (χ0n) is 19.7. The van der Waals surface area contributed by atoms with Crippen molar-refractivity contribution in [3.05, 3.63) is 23.5 Å². The zero-order chi connectivity index (χ0) is 23.3. The summed E-state index contributed by atoms with van der Waals surface area (Å²) in [6.07, 6.45) is 2.17. The molecule has 0 atom stereocenters. The molecule has 0 aromatic heterocycles. The predicted molar refractivity (Wildman–Crippen MR) is 120 cm³/mol. The number of anilines is 1. The van der Waals surface area contributed by atoms with Crippen molar-refractivity contribution in [2.24, 2.45) is 0 Å². The molecule has 4 rings (SSSR count). The van der Waals surface area contributed by atoms with E-state index < -0.39 is 17.1 Å². The molecular weight excluding hydrogens is 413 g/mol. The number of halogens is 1. The van der Waals surface area contributed by atoms with Crippen LogP contribution in [-0.4, -0.2) is 73.8 Å². The summed E-state index contributed by atoms with van der Waals surface area (Å²) in [5, 5.41) is 0. The van der Waals surface area contributed by atoms with Gasteiger partial charge in [-0.25, -0.2) is 9.18 Å². The van der Waals surface area contributed by atoms with Crippen LogP contribution < -0.4 is 9.64 Å². The number of likely N-dealkylation sites (N-methyl/N-ethyl adjacent to an activating group) is 1. The van der Waals surface area contributed by atoms with Gasteiger partial charge in [0.1, 0.15) is 23.3 Å². The number of nitrogens with zero attached hydrogens (tertiary/aromatic N) is 3. The molecule has 32 heavy (non-hydrogen) atoms. The van der Waals surface area contributed by atoms with Crippen LogP contribution in [-0.2, 0) is 14.9 Å². The molecule has 7 nitrogen and oxygen atoms in total. The standard InChI is InChI=1S/C24H34FN3O4/c1-23(2,3)32-22(30)28-14-10-24(11-15-28)19-17(25)6-7-18(20(19)27(5)21(24)29)31-16-8-12-26(4)13-9-16/h6-7,16H,8-15H2,1-5H3. The molecule has 3 heterocycles. The lowest BCUT2D eigenvalue weighted by Crippen LogP contribution is -2.50. The molecule has 3 aliphatic rings. The average molecular weight is 448 g/mol. The van der Waals surface area contributed by atoms with Gasteiger partial charge in [0.2, 0.25) is 5.91 Å². The molecule has 2 saturated heterocycles. The molecule has 1 spiro atoms. The zero-order valence-corrected chi connectivity index (χ0v) is 19.7. The van der Waals surface area contributed by atoms with Crippen LogP contribution in [0.5, 0.6) is 5.75 Å². The predicted octanol–water partition coefficient (Wildman–Crippen LogP) is 3.54. The highest BCUT2D eigenvalue weighted by atomic mass is 19.1. The molecule has 176 valence electrons. The van der Waals surface area contributed by atoms with E-state index in [0.29, 0.717) is 42.9 Å². The molecule has 0 N–H and O–H groups in total. The van der Waals surface area contributed by atoms with Gasteiger partial charge in [0.05, 0.1) is 11.1 Å². The first-order chi connectivity index (χ1) is 15.0. The Morgan fingerprint density at radius 1 is 1.09 bits per heavy atom. The normalized spacial score (nSPS) is 21.8. The van der Waals surface area contributed by atoms with Crippen molar-refractivity contribution in [3.8, 4) is 5.75 Å². The maximum atomic E-state index is 15.2. The third-order valence-corrected chi connectivity index (χ3v) is 6.85. The maximum absolute atomic E-state index is 15.2. The van der Waals surface area contributed by atoms with Gasteiger partial charge in [-0.3, -0.25) is 4.79 Å². The summed E-state index contributed by atoms with van der Waals surface area (Å²) in [6.45, 7) is 8.05. The SMILES string of the molecule is CN1CCC(Oc2ccc(F)c3c2N(C)C(=O)C32CCN(C(=O)OC(C)(C)C)CC2)CC1. The van der Waals surface area contributed by atoms with Gasteiger partial charge in [0.25, 0.3) is 0 Å². The highest BCUT2D eigenvalue weighted by Gasteiger charge is 2.54. The number of ether oxygens (including phenoxy) is 2. The summed E-state index contributed by atoms with van der Waals surface area (Å²) in [6, 6.07) is 3.06. The van der Waals surface area contributed by atoms with Crippen LogP contribution in [0.25, 0.3) is 0 Å². The first kappa shape index (κ1) is 22.8. The fourth-order valence-electron chi connectivity index (χ4n) is 5.10. The number of piperidine rings is 2. The molecule has 0 unspecified atom stereocenters. The summed E-state index contributed by atoms with van der Waals surface area (Å²) < 4.78 is 27.0. The van der Waals surface area contributed by atoms with Gasteiger partial charge < -0.3 is 24.2 Å². The Bertz CT molecular complexity index is 897. The molecule has 8 heteroatoms. The number of rotatable bonds is 2. The Hall–Kier alpha value is -2.35.